The molecule has 0 amide bonds. The Kier molecular flexibility index (Phi) is 3.12. The van der Waals surface area contributed by atoms with Crippen molar-refractivity contribution < 1.29 is 5.11 Å². The molecule has 0 saturated carbocycles. The van der Waals surface area contributed by atoms with Gasteiger partial charge in [0.25, 0.3) is 0 Å². The highest BCUT2D eigenvalue weighted by Gasteiger charge is 2.18. The van der Waals surface area contributed by atoms with Crippen molar-refractivity contribution in [3.05, 3.63) is 0 Å². The van der Waals surface area contributed by atoms with E-state index in [0.717, 1.165) is 12.8 Å². The highest BCUT2D eigenvalue weighted by atomic mass is 16.3. The number of rotatable bonds is 2. The molecule has 0 aromatic rings. The van der Waals surface area contributed by atoms with E-state index in [4.69, 9.17) is 10.8 Å². The SMILES string of the molecule is NC[C@@H]1CCC[C@H](CO)N1. The van der Waals surface area contributed by atoms with Gasteiger partial charge in [-0.15, -0.1) is 0 Å². The van der Waals surface area contributed by atoms with Crippen molar-refractivity contribution in [1.82, 2.24) is 5.32 Å². The fourth-order valence-corrected chi connectivity index (χ4v) is 1.44. The molecule has 1 aliphatic rings. The van der Waals surface area contributed by atoms with Crippen LogP contribution in [0, 0.1) is 0 Å². The number of hydrogen-bond donors (Lipinski definition) is 3. The summed E-state index contributed by atoms with van der Waals surface area (Å²) in [6.07, 6.45) is 3.44. The van der Waals surface area contributed by atoms with Gasteiger partial charge in [0, 0.05) is 18.6 Å². The number of hydrogen-bond acceptors (Lipinski definition) is 3. The molecule has 60 valence electrons. The van der Waals surface area contributed by atoms with Gasteiger partial charge in [-0.3, -0.25) is 0 Å². The molecule has 0 aromatic carbocycles. The second kappa shape index (κ2) is 3.91. The molecule has 3 heteroatoms. The standard InChI is InChI=1S/C7H16N2O/c8-4-6-2-1-3-7(5-10)9-6/h6-7,9-10H,1-5,8H2/t6-,7+/m0/s1. The third-order valence-corrected chi connectivity index (χ3v) is 2.08. The smallest absolute Gasteiger partial charge is 0.0584 e. The van der Waals surface area contributed by atoms with Crippen LogP contribution in [0.3, 0.4) is 0 Å². The Morgan fingerprint density at radius 1 is 1.40 bits per heavy atom. The van der Waals surface area contributed by atoms with Gasteiger partial charge in [-0.05, 0) is 12.8 Å². The molecule has 2 atom stereocenters. The first kappa shape index (κ1) is 7.98. The van der Waals surface area contributed by atoms with Crippen LogP contribution >= 0.6 is 0 Å². The maximum absolute atomic E-state index is 8.80. The van der Waals surface area contributed by atoms with Crippen LogP contribution in [0.15, 0.2) is 0 Å². The number of nitrogens with two attached hydrogens (primary N) is 1. The predicted molar refractivity (Wildman–Crippen MR) is 40.7 cm³/mol. The first-order chi connectivity index (χ1) is 4.86. The van der Waals surface area contributed by atoms with E-state index in [1.807, 2.05) is 0 Å². The summed E-state index contributed by atoms with van der Waals surface area (Å²) in [4.78, 5) is 0. The van der Waals surface area contributed by atoms with Crippen molar-refractivity contribution in [3.8, 4) is 0 Å². The quantitative estimate of drug-likeness (QED) is 0.487. The second-order valence-electron chi connectivity index (χ2n) is 2.91. The van der Waals surface area contributed by atoms with Gasteiger partial charge in [0.2, 0.25) is 0 Å². The molecular formula is C7H16N2O. The largest absolute Gasteiger partial charge is 0.395 e. The van der Waals surface area contributed by atoms with Crippen LogP contribution in [0.2, 0.25) is 0 Å². The van der Waals surface area contributed by atoms with E-state index in [9.17, 15) is 0 Å². The van der Waals surface area contributed by atoms with Gasteiger partial charge in [0.05, 0.1) is 6.61 Å². The molecule has 0 radical (unpaired) electrons. The third kappa shape index (κ3) is 1.94. The van der Waals surface area contributed by atoms with E-state index < -0.39 is 0 Å². The minimum Gasteiger partial charge on any atom is -0.395 e. The number of nitrogens with one attached hydrogen (secondary N) is 1. The summed E-state index contributed by atoms with van der Waals surface area (Å²) in [5, 5.41) is 12.1. The van der Waals surface area contributed by atoms with Gasteiger partial charge in [-0.1, -0.05) is 6.42 Å². The highest BCUT2D eigenvalue weighted by Crippen LogP contribution is 2.10. The summed E-state index contributed by atoms with van der Waals surface area (Å²) in [6, 6.07) is 0.730. The van der Waals surface area contributed by atoms with E-state index in [-0.39, 0.29) is 6.61 Å². The average molecular weight is 144 g/mol. The van der Waals surface area contributed by atoms with Crippen LogP contribution in [0.5, 0.6) is 0 Å². The lowest BCUT2D eigenvalue weighted by molar-refractivity contribution is 0.199. The first-order valence-electron chi connectivity index (χ1n) is 3.93. The van der Waals surface area contributed by atoms with Gasteiger partial charge < -0.3 is 16.2 Å². The molecule has 4 N–H and O–H groups in total. The van der Waals surface area contributed by atoms with Crippen molar-refractivity contribution in [2.75, 3.05) is 13.2 Å². The normalized spacial score (nSPS) is 34.2. The monoisotopic (exact) mass is 144 g/mol. The maximum atomic E-state index is 8.80. The first-order valence-corrected chi connectivity index (χ1v) is 3.93. The molecule has 0 aromatic heterocycles. The van der Waals surface area contributed by atoms with Crippen LogP contribution in [0.25, 0.3) is 0 Å². The van der Waals surface area contributed by atoms with Crippen LogP contribution in [-0.2, 0) is 0 Å². The zero-order valence-corrected chi connectivity index (χ0v) is 6.21. The van der Waals surface area contributed by atoms with Crippen LogP contribution in [0.1, 0.15) is 19.3 Å². The number of aliphatic hydroxyl groups excluding tert-OH is 1. The summed E-state index contributed by atoms with van der Waals surface area (Å²) < 4.78 is 0. The Hall–Kier alpha value is -0.120. The van der Waals surface area contributed by atoms with Gasteiger partial charge in [-0.2, -0.15) is 0 Å². The lowest BCUT2D eigenvalue weighted by Crippen LogP contribution is -2.47. The van der Waals surface area contributed by atoms with Gasteiger partial charge >= 0.3 is 0 Å². The lowest BCUT2D eigenvalue weighted by Gasteiger charge is -2.28. The number of aliphatic hydroxyl groups is 1. The Balaban J connectivity index is 2.25. The molecule has 1 aliphatic heterocycles. The average Bonchev–Trinajstić information content (AvgIpc) is 2.05. The minimum atomic E-state index is 0.247. The second-order valence-corrected chi connectivity index (χ2v) is 2.91. The molecule has 0 spiro atoms. The van der Waals surface area contributed by atoms with E-state index in [0.29, 0.717) is 18.6 Å². The van der Waals surface area contributed by atoms with Crippen molar-refractivity contribution in [2.45, 2.75) is 31.3 Å². The third-order valence-electron chi connectivity index (χ3n) is 2.08. The molecule has 1 rings (SSSR count). The molecule has 1 saturated heterocycles. The summed E-state index contributed by atoms with van der Waals surface area (Å²) in [5.74, 6) is 0. The maximum Gasteiger partial charge on any atom is 0.0584 e. The molecule has 0 aliphatic carbocycles. The van der Waals surface area contributed by atoms with E-state index >= 15 is 0 Å². The summed E-state index contributed by atoms with van der Waals surface area (Å²) in [5.41, 5.74) is 5.48. The Morgan fingerprint density at radius 3 is 2.70 bits per heavy atom. The van der Waals surface area contributed by atoms with E-state index in [1.165, 1.54) is 6.42 Å². The van der Waals surface area contributed by atoms with Gasteiger partial charge in [0.15, 0.2) is 0 Å². The zero-order chi connectivity index (χ0) is 7.40. The molecule has 1 heterocycles. The molecule has 1 fully saturated rings. The number of piperidine rings is 1. The predicted octanol–water partition coefficient (Wildman–Crippen LogP) is -0.552. The van der Waals surface area contributed by atoms with E-state index in [1.54, 1.807) is 0 Å². The summed E-state index contributed by atoms with van der Waals surface area (Å²) in [6.45, 7) is 0.938. The fraction of sp³-hybridized carbons (Fsp3) is 1.00. The molecule has 0 unspecified atom stereocenters. The molecule has 3 nitrogen and oxygen atoms in total. The van der Waals surface area contributed by atoms with E-state index in [2.05, 4.69) is 5.32 Å². The topological polar surface area (TPSA) is 58.3 Å². The zero-order valence-electron chi connectivity index (χ0n) is 6.21. The van der Waals surface area contributed by atoms with Crippen LogP contribution in [-0.4, -0.2) is 30.3 Å². The van der Waals surface area contributed by atoms with Crippen molar-refractivity contribution in [3.63, 3.8) is 0 Å². The van der Waals surface area contributed by atoms with Crippen molar-refractivity contribution >= 4 is 0 Å². The van der Waals surface area contributed by atoms with Gasteiger partial charge in [0.1, 0.15) is 0 Å². The summed E-state index contributed by atoms with van der Waals surface area (Å²) in [7, 11) is 0. The van der Waals surface area contributed by atoms with Crippen LogP contribution in [0.4, 0.5) is 0 Å². The molecular weight excluding hydrogens is 128 g/mol. The lowest BCUT2D eigenvalue weighted by atomic mass is 9.99. The fourth-order valence-electron chi connectivity index (χ4n) is 1.44. The van der Waals surface area contributed by atoms with Crippen molar-refractivity contribution in [2.24, 2.45) is 5.73 Å². The minimum absolute atomic E-state index is 0.247. The highest BCUT2D eigenvalue weighted by molar-refractivity contribution is 4.79. The Morgan fingerprint density at radius 2 is 2.10 bits per heavy atom. The molecule has 10 heavy (non-hydrogen) atoms. The molecule has 0 bridgehead atoms. The van der Waals surface area contributed by atoms with Gasteiger partial charge in [-0.25, -0.2) is 0 Å². The Bertz CT molecular complexity index is 87.6. The van der Waals surface area contributed by atoms with Crippen LogP contribution < -0.4 is 11.1 Å². The van der Waals surface area contributed by atoms with Crippen molar-refractivity contribution in [1.29, 1.82) is 0 Å². The summed E-state index contributed by atoms with van der Waals surface area (Å²) >= 11 is 0. The Labute approximate surface area is 61.6 Å².